The summed E-state index contributed by atoms with van der Waals surface area (Å²) >= 11 is 0. The van der Waals surface area contributed by atoms with Crippen molar-refractivity contribution in [3.05, 3.63) is 29.8 Å². The number of carbonyl (C=O) groups is 1. The van der Waals surface area contributed by atoms with Crippen LogP contribution in [0.5, 0.6) is 0 Å². The van der Waals surface area contributed by atoms with E-state index in [0.29, 0.717) is 11.8 Å². The monoisotopic (exact) mass is 246 g/mol. The average molecular weight is 246 g/mol. The van der Waals surface area contributed by atoms with E-state index in [0.717, 1.165) is 30.8 Å². The van der Waals surface area contributed by atoms with Crippen LogP contribution in [0.4, 0.5) is 5.69 Å². The van der Waals surface area contributed by atoms with Crippen LogP contribution in [0.25, 0.3) is 0 Å². The minimum Gasteiger partial charge on any atom is -0.388 e. The zero-order valence-corrected chi connectivity index (χ0v) is 11.4. The molecule has 0 aliphatic carbocycles. The van der Waals surface area contributed by atoms with Crippen LogP contribution in [-0.2, 0) is 0 Å². The summed E-state index contributed by atoms with van der Waals surface area (Å²) in [5.74, 6) is 1.48. The number of hydrogen-bond donors (Lipinski definition) is 1. The fraction of sp³-hybridized carbons (Fsp3) is 0.533. The lowest BCUT2D eigenvalue weighted by molar-refractivity contribution is 0.0784. The van der Waals surface area contributed by atoms with Gasteiger partial charge >= 0.3 is 0 Å². The molecule has 1 aromatic rings. The lowest BCUT2D eigenvalue weighted by Crippen LogP contribution is -2.29. The zero-order valence-electron chi connectivity index (χ0n) is 11.4. The molecule has 2 rings (SSSR count). The molecule has 3 heteroatoms. The Morgan fingerprint density at radius 3 is 2.83 bits per heavy atom. The lowest BCUT2D eigenvalue weighted by atomic mass is 9.95. The Morgan fingerprint density at radius 1 is 1.44 bits per heavy atom. The number of anilines is 1. The Kier molecular flexibility index (Phi) is 3.90. The van der Waals surface area contributed by atoms with Crippen molar-refractivity contribution in [2.24, 2.45) is 11.8 Å². The van der Waals surface area contributed by atoms with E-state index in [1.807, 2.05) is 36.2 Å². The number of nitrogens with zero attached hydrogens (tertiary/aromatic N) is 1. The van der Waals surface area contributed by atoms with Crippen LogP contribution in [0.3, 0.4) is 0 Å². The van der Waals surface area contributed by atoms with E-state index in [-0.39, 0.29) is 5.91 Å². The molecule has 3 nitrogen and oxygen atoms in total. The number of benzene rings is 1. The van der Waals surface area contributed by atoms with Gasteiger partial charge in [-0.1, -0.05) is 19.9 Å². The molecule has 1 atom stereocenters. The molecule has 1 saturated heterocycles. The average Bonchev–Trinajstić information content (AvgIpc) is 2.87. The van der Waals surface area contributed by atoms with Crippen molar-refractivity contribution in [2.45, 2.75) is 20.3 Å². The third kappa shape index (κ3) is 2.66. The SMILES string of the molecule is CNc1cccc(C(=O)N2CCC(C(C)C)C2)c1. The molecule has 18 heavy (non-hydrogen) atoms. The van der Waals surface area contributed by atoms with Crippen molar-refractivity contribution in [3.8, 4) is 0 Å². The van der Waals surface area contributed by atoms with Gasteiger partial charge in [0.2, 0.25) is 0 Å². The predicted octanol–water partition coefficient (Wildman–Crippen LogP) is 2.85. The van der Waals surface area contributed by atoms with Crippen LogP contribution in [0.15, 0.2) is 24.3 Å². The minimum absolute atomic E-state index is 0.162. The molecule has 0 radical (unpaired) electrons. The first-order valence-electron chi connectivity index (χ1n) is 6.69. The molecule has 1 aliphatic rings. The van der Waals surface area contributed by atoms with Crippen LogP contribution in [0, 0.1) is 11.8 Å². The second-order valence-corrected chi connectivity index (χ2v) is 5.37. The van der Waals surface area contributed by atoms with E-state index in [4.69, 9.17) is 0 Å². The molecule has 1 aliphatic heterocycles. The summed E-state index contributed by atoms with van der Waals surface area (Å²) in [5.41, 5.74) is 1.77. The summed E-state index contributed by atoms with van der Waals surface area (Å²) in [6, 6.07) is 7.71. The maximum Gasteiger partial charge on any atom is 0.253 e. The summed E-state index contributed by atoms with van der Waals surface area (Å²) in [7, 11) is 1.87. The van der Waals surface area contributed by atoms with Crippen LogP contribution >= 0.6 is 0 Å². The Bertz CT molecular complexity index is 428. The fourth-order valence-corrected chi connectivity index (χ4v) is 2.51. The van der Waals surface area contributed by atoms with E-state index in [1.165, 1.54) is 0 Å². The fourth-order valence-electron chi connectivity index (χ4n) is 2.51. The summed E-state index contributed by atoms with van der Waals surface area (Å²) < 4.78 is 0. The van der Waals surface area contributed by atoms with Gasteiger partial charge in [0.1, 0.15) is 0 Å². The Hall–Kier alpha value is -1.51. The highest BCUT2D eigenvalue weighted by Crippen LogP contribution is 2.25. The van der Waals surface area contributed by atoms with Crippen molar-refractivity contribution in [3.63, 3.8) is 0 Å². The number of amides is 1. The quantitative estimate of drug-likeness (QED) is 0.889. The highest BCUT2D eigenvalue weighted by atomic mass is 16.2. The standard InChI is InChI=1S/C15H22N2O/c1-11(2)13-7-8-17(10-13)15(18)12-5-4-6-14(9-12)16-3/h4-6,9,11,13,16H,7-8,10H2,1-3H3. The van der Waals surface area contributed by atoms with E-state index in [9.17, 15) is 4.79 Å². The zero-order chi connectivity index (χ0) is 13.1. The number of hydrogen-bond acceptors (Lipinski definition) is 2. The topological polar surface area (TPSA) is 32.3 Å². The van der Waals surface area contributed by atoms with Crippen LogP contribution < -0.4 is 5.32 Å². The van der Waals surface area contributed by atoms with E-state index >= 15 is 0 Å². The third-order valence-corrected chi connectivity index (χ3v) is 3.85. The van der Waals surface area contributed by atoms with Crippen LogP contribution in [0.2, 0.25) is 0 Å². The largest absolute Gasteiger partial charge is 0.388 e. The number of carbonyl (C=O) groups excluding carboxylic acids is 1. The van der Waals surface area contributed by atoms with E-state index in [2.05, 4.69) is 19.2 Å². The maximum atomic E-state index is 12.4. The molecule has 1 heterocycles. The second-order valence-electron chi connectivity index (χ2n) is 5.37. The molecule has 0 aromatic heterocycles. The highest BCUT2D eigenvalue weighted by molar-refractivity contribution is 5.95. The van der Waals surface area contributed by atoms with Gasteiger partial charge < -0.3 is 10.2 Å². The summed E-state index contributed by atoms with van der Waals surface area (Å²) in [4.78, 5) is 14.4. The smallest absolute Gasteiger partial charge is 0.253 e. The molecule has 1 amide bonds. The van der Waals surface area contributed by atoms with Crippen molar-refractivity contribution in [2.75, 3.05) is 25.5 Å². The van der Waals surface area contributed by atoms with Gasteiger partial charge in [-0.05, 0) is 36.5 Å². The number of likely N-dealkylation sites (tertiary alicyclic amines) is 1. The Labute approximate surface area is 109 Å². The molecule has 98 valence electrons. The highest BCUT2D eigenvalue weighted by Gasteiger charge is 2.28. The van der Waals surface area contributed by atoms with Crippen LogP contribution in [-0.4, -0.2) is 30.9 Å². The molecule has 0 saturated carbocycles. The van der Waals surface area contributed by atoms with Gasteiger partial charge in [0.05, 0.1) is 0 Å². The molecule has 0 spiro atoms. The number of rotatable bonds is 3. The van der Waals surface area contributed by atoms with Gasteiger partial charge in [-0.15, -0.1) is 0 Å². The molecule has 1 aromatic carbocycles. The number of nitrogens with one attached hydrogen (secondary N) is 1. The lowest BCUT2D eigenvalue weighted by Gasteiger charge is -2.18. The first-order chi connectivity index (χ1) is 8.61. The van der Waals surface area contributed by atoms with Gasteiger partial charge in [-0.3, -0.25) is 4.79 Å². The molecular formula is C15H22N2O. The van der Waals surface area contributed by atoms with Crippen molar-refractivity contribution in [1.82, 2.24) is 4.90 Å². The van der Waals surface area contributed by atoms with Gasteiger partial charge in [0.15, 0.2) is 0 Å². The first kappa shape index (κ1) is 12.9. The maximum absolute atomic E-state index is 12.4. The Balaban J connectivity index is 2.08. The molecule has 1 fully saturated rings. The normalized spacial score (nSPS) is 19.3. The molecular weight excluding hydrogens is 224 g/mol. The van der Waals surface area contributed by atoms with Gasteiger partial charge in [-0.25, -0.2) is 0 Å². The minimum atomic E-state index is 0.162. The first-order valence-corrected chi connectivity index (χ1v) is 6.69. The molecule has 0 bridgehead atoms. The van der Waals surface area contributed by atoms with Gasteiger partial charge in [-0.2, -0.15) is 0 Å². The van der Waals surface area contributed by atoms with Gasteiger partial charge in [0, 0.05) is 31.4 Å². The summed E-state index contributed by atoms with van der Waals surface area (Å²) in [6.07, 6.45) is 1.13. The molecule has 1 N–H and O–H groups in total. The molecule has 1 unspecified atom stereocenters. The van der Waals surface area contributed by atoms with Crippen molar-refractivity contribution >= 4 is 11.6 Å². The Morgan fingerprint density at radius 2 is 2.22 bits per heavy atom. The van der Waals surface area contributed by atoms with E-state index < -0.39 is 0 Å². The van der Waals surface area contributed by atoms with Gasteiger partial charge in [0.25, 0.3) is 5.91 Å². The predicted molar refractivity (Wildman–Crippen MR) is 74.8 cm³/mol. The summed E-state index contributed by atoms with van der Waals surface area (Å²) in [5, 5.41) is 3.07. The third-order valence-electron chi connectivity index (χ3n) is 3.85. The summed E-state index contributed by atoms with van der Waals surface area (Å²) in [6.45, 7) is 6.27. The van der Waals surface area contributed by atoms with E-state index in [1.54, 1.807) is 0 Å². The second kappa shape index (κ2) is 5.42. The van der Waals surface area contributed by atoms with Crippen LogP contribution in [0.1, 0.15) is 30.6 Å². The van der Waals surface area contributed by atoms with Crippen molar-refractivity contribution in [1.29, 1.82) is 0 Å². The van der Waals surface area contributed by atoms with Crippen molar-refractivity contribution < 1.29 is 4.79 Å².